The number of nitrogens with two attached hydrogens (primary N) is 1. The standard InChI is InChI=1S/C12H16F2N2O4S/c1-16-2-3-19-9(6-16)7-20-12-10(14)4-8(13)5-11(12)21(15,17)18/h4-5,9H,2-3,6-7H2,1H3,(H2,15,17,18). The first-order chi connectivity index (χ1) is 9.77. The van der Waals surface area contributed by atoms with E-state index in [9.17, 15) is 17.2 Å². The smallest absolute Gasteiger partial charge is 0.241 e. The lowest BCUT2D eigenvalue weighted by Gasteiger charge is -2.30. The largest absolute Gasteiger partial charge is 0.486 e. The molecular weight excluding hydrogens is 306 g/mol. The van der Waals surface area contributed by atoms with Crippen molar-refractivity contribution in [3.63, 3.8) is 0 Å². The van der Waals surface area contributed by atoms with Crippen LogP contribution in [0.4, 0.5) is 8.78 Å². The van der Waals surface area contributed by atoms with Crippen molar-refractivity contribution in [2.45, 2.75) is 11.0 Å². The van der Waals surface area contributed by atoms with E-state index < -0.39 is 32.3 Å². The second-order valence-corrected chi connectivity index (χ2v) is 6.36. The van der Waals surface area contributed by atoms with Gasteiger partial charge in [-0.25, -0.2) is 22.3 Å². The highest BCUT2D eigenvalue weighted by molar-refractivity contribution is 7.89. The summed E-state index contributed by atoms with van der Waals surface area (Å²) in [5.74, 6) is -2.75. The highest BCUT2D eigenvalue weighted by atomic mass is 32.2. The topological polar surface area (TPSA) is 81.9 Å². The third-order valence-corrected chi connectivity index (χ3v) is 3.95. The molecule has 1 saturated heterocycles. The molecule has 0 radical (unpaired) electrons. The van der Waals surface area contributed by atoms with E-state index in [1.165, 1.54) is 0 Å². The molecule has 0 aliphatic carbocycles. The molecule has 2 rings (SSSR count). The Hall–Kier alpha value is -1.29. The van der Waals surface area contributed by atoms with Gasteiger partial charge >= 0.3 is 0 Å². The first kappa shape index (κ1) is 16.1. The van der Waals surface area contributed by atoms with Crippen molar-refractivity contribution in [1.29, 1.82) is 0 Å². The number of sulfonamides is 1. The van der Waals surface area contributed by atoms with Gasteiger partial charge in [0.25, 0.3) is 0 Å². The summed E-state index contributed by atoms with van der Waals surface area (Å²) >= 11 is 0. The lowest BCUT2D eigenvalue weighted by molar-refractivity contribution is -0.0413. The molecule has 0 saturated carbocycles. The zero-order chi connectivity index (χ0) is 15.6. The van der Waals surface area contributed by atoms with Crippen LogP contribution in [0.25, 0.3) is 0 Å². The van der Waals surface area contributed by atoms with E-state index in [1.807, 2.05) is 11.9 Å². The minimum Gasteiger partial charge on any atom is -0.486 e. The number of halogens is 2. The van der Waals surface area contributed by atoms with Crippen LogP contribution in [0.15, 0.2) is 17.0 Å². The third kappa shape index (κ3) is 4.10. The second-order valence-electron chi connectivity index (χ2n) is 4.83. The summed E-state index contributed by atoms with van der Waals surface area (Å²) in [7, 11) is -2.41. The van der Waals surface area contributed by atoms with E-state index in [4.69, 9.17) is 14.6 Å². The van der Waals surface area contributed by atoms with Gasteiger partial charge in [0.2, 0.25) is 10.0 Å². The van der Waals surface area contributed by atoms with Crippen molar-refractivity contribution in [2.24, 2.45) is 5.14 Å². The number of rotatable bonds is 4. The Morgan fingerprint density at radius 1 is 1.48 bits per heavy atom. The summed E-state index contributed by atoms with van der Waals surface area (Å²) in [4.78, 5) is 1.28. The first-order valence-electron chi connectivity index (χ1n) is 6.22. The molecule has 1 heterocycles. The van der Waals surface area contributed by atoms with Gasteiger partial charge in [0.05, 0.1) is 6.61 Å². The fraction of sp³-hybridized carbons (Fsp3) is 0.500. The molecule has 21 heavy (non-hydrogen) atoms. The van der Waals surface area contributed by atoms with Crippen molar-refractivity contribution in [2.75, 3.05) is 33.4 Å². The van der Waals surface area contributed by atoms with Gasteiger partial charge in [-0.3, -0.25) is 0 Å². The summed E-state index contributed by atoms with van der Waals surface area (Å²) in [6, 6.07) is 1.17. The van der Waals surface area contributed by atoms with Crippen LogP contribution in [0, 0.1) is 11.6 Å². The molecular formula is C12H16F2N2O4S. The van der Waals surface area contributed by atoms with Gasteiger partial charge in [-0.15, -0.1) is 0 Å². The molecule has 1 aromatic rings. The molecule has 0 amide bonds. The maximum absolute atomic E-state index is 13.7. The lowest BCUT2D eigenvalue weighted by Crippen LogP contribution is -2.42. The Kier molecular flexibility index (Phi) is 4.77. The van der Waals surface area contributed by atoms with E-state index in [-0.39, 0.29) is 12.7 Å². The van der Waals surface area contributed by atoms with Crippen molar-refractivity contribution in [3.8, 4) is 5.75 Å². The number of nitrogens with zero attached hydrogens (tertiary/aromatic N) is 1. The van der Waals surface area contributed by atoms with Crippen LogP contribution in [0.2, 0.25) is 0 Å². The van der Waals surface area contributed by atoms with Crippen molar-refractivity contribution in [3.05, 3.63) is 23.8 Å². The summed E-state index contributed by atoms with van der Waals surface area (Å²) in [5.41, 5.74) is 0. The Balaban J connectivity index is 2.19. The van der Waals surface area contributed by atoms with E-state index in [1.54, 1.807) is 0 Å². The predicted octanol–water partition coefficient (Wildman–Crippen LogP) is 0.322. The Morgan fingerprint density at radius 3 is 2.81 bits per heavy atom. The molecule has 1 aliphatic heterocycles. The summed E-state index contributed by atoms with van der Waals surface area (Å²) < 4.78 is 60.2. The maximum atomic E-state index is 13.7. The molecule has 0 spiro atoms. The van der Waals surface area contributed by atoms with Crippen molar-refractivity contribution in [1.82, 2.24) is 4.90 Å². The Morgan fingerprint density at radius 2 is 2.19 bits per heavy atom. The number of primary sulfonamides is 1. The quantitative estimate of drug-likeness (QED) is 0.863. The fourth-order valence-electron chi connectivity index (χ4n) is 2.03. The molecule has 9 heteroatoms. The van der Waals surface area contributed by atoms with Gasteiger partial charge in [0, 0.05) is 19.2 Å². The highest BCUT2D eigenvalue weighted by Gasteiger charge is 2.24. The molecule has 1 atom stereocenters. The molecule has 2 N–H and O–H groups in total. The SMILES string of the molecule is CN1CCOC(COc2c(F)cc(F)cc2S(N)(=O)=O)C1. The highest BCUT2D eigenvalue weighted by Crippen LogP contribution is 2.28. The first-order valence-corrected chi connectivity index (χ1v) is 7.77. The van der Waals surface area contributed by atoms with Gasteiger partial charge in [0.15, 0.2) is 11.6 Å². The third-order valence-electron chi connectivity index (χ3n) is 3.04. The number of morpholine rings is 1. The Bertz CT molecular complexity index is 624. The fourth-order valence-corrected chi connectivity index (χ4v) is 2.72. The number of hydrogen-bond donors (Lipinski definition) is 1. The van der Waals surface area contributed by atoms with Gasteiger partial charge in [0.1, 0.15) is 23.4 Å². The molecule has 118 valence electrons. The molecule has 1 unspecified atom stereocenters. The van der Waals surface area contributed by atoms with Gasteiger partial charge in [-0.2, -0.15) is 0 Å². The van der Waals surface area contributed by atoms with Crippen LogP contribution in [-0.2, 0) is 14.8 Å². The minimum atomic E-state index is -4.30. The van der Waals surface area contributed by atoms with Gasteiger partial charge in [-0.1, -0.05) is 0 Å². The number of ether oxygens (including phenoxy) is 2. The van der Waals surface area contributed by atoms with Crippen molar-refractivity contribution < 1.29 is 26.7 Å². The minimum absolute atomic E-state index is 0.0601. The van der Waals surface area contributed by atoms with Crippen LogP contribution in [0.1, 0.15) is 0 Å². The molecule has 6 nitrogen and oxygen atoms in total. The van der Waals surface area contributed by atoms with Gasteiger partial charge < -0.3 is 14.4 Å². The normalized spacial score (nSPS) is 20.5. The van der Waals surface area contributed by atoms with E-state index in [0.29, 0.717) is 25.3 Å². The number of hydrogen-bond acceptors (Lipinski definition) is 5. The van der Waals surface area contributed by atoms with Gasteiger partial charge in [-0.05, 0) is 13.1 Å². The second kappa shape index (κ2) is 6.22. The average Bonchev–Trinajstić information content (AvgIpc) is 2.36. The predicted molar refractivity (Wildman–Crippen MR) is 70.5 cm³/mol. The van der Waals surface area contributed by atoms with E-state index in [0.717, 1.165) is 6.54 Å². The monoisotopic (exact) mass is 322 g/mol. The molecule has 1 fully saturated rings. The molecule has 1 aliphatic rings. The lowest BCUT2D eigenvalue weighted by atomic mass is 10.3. The number of likely N-dealkylation sites (N-methyl/N-ethyl adjacent to an activating group) is 1. The number of benzene rings is 1. The van der Waals surface area contributed by atoms with Crippen molar-refractivity contribution >= 4 is 10.0 Å². The van der Waals surface area contributed by atoms with E-state index >= 15 is 0 Å². The molecule has 0 aromatic heterocycles. The molecule has 1 aromatic carbocycles. The zero-order valence-corrected chi connectivity index (χ0v) is 12.2. The van der Waals surface area contributed by atoms with Crippen LogP contribution in [-0.4, -0.2) is 52.8 Å². The summed E-state index contributed by atoms with van der Waals surface area (Å²) in [6.45, 7) is 1.77. The van der Waals surface area contributed by atoms with Crippen LogP contribution < -0.4 is 9.88 Å². The van der Waals surface area contributed by atoms with Crippen LogP contribution >= 0.6 is 0 Å². The van der Waals surface area contributed by atoms with Crippen LogP contribution in [0.5, 0.6) is 5.75 Å². The summed E-state index contributed by atoms with van der Waals surface area (Å²) in [5, 5.41) is 4.95. The summed E-state index contributed by atoms with van der Waals surface area (Å²) in [6.07, 6.45) is -0.332. The maximum Gasteiger partial charge on any atom is 0.241 e. The average molecular weight is 322 g/mol. The zero-order valence-electron chi connectivity index (χ0n) is 11.4. The Labute approximate surface area is 121 Å². The van der Waals surface area contributed by atoms with E-state index in [2.05, 4.69) is 0 Å². The van der Waals surface area contributed by atoms with Crippen LogP contribution in [0.3, 0.4) is 0 Å². The molecule has 0 bridgehead atoms.